The molecule has 0 aliphatic rings. The normalized spacial score (nSPS) is 11.4. The molecule has 2 aromatic rings. The summed E-state index contributed by atoms with van der Waals surface area (Å²) < 4.78 is 0. The number of fused-ring (bicyclic) bond motifs is 1. The molecule has 0 amide bonds. The van der Waals surface area contributed by atoms with Gasteiger partial charge in [0.05, 0.1) is 11.0 Å². The van der Waals surface area contributed by atoms with Crippen LogP contribution in [0.4, 0.5) is 0 Å². The summed E-state index contributed by atoms with van der Waals surface area (Å²) >= 11 is 0. The van der Waals surface area contributed by atoms with Gasteiger partial charge < -0.3 is 4.98 Å². The van der Waals surface area contributed by atoms with Crippen LogP contribution in [-0.4, -0.2) is 9.97 Å². The largest absolute Gasteiger partial charge is 0.342 e. The van der Waals surface area contributed by atoms with Gasteiger partial charge in [-0.25, -0.2) is 4.98 Å². The minimum Gasteiger partial charge on any atom is -0.342 e. The van der Waals surface area contributed by atoms with Crippen LogP contribution in [0, 0.1) is 12.8 Å². The maximum atomic E-state index is 4.38. The summed E-state index contributed by atoms with van der Waals surface area (Å²) in [4.78, 5) is 7.64. The molecule has 2 nitrogen and oxygen atoms in total. The lowest BCUT2D eigenvalue weighted by Gasteiger charge is -2.03. The molecule has 0 aliphatic heterocycles. The van der Waals surface area contributed by atoms with Crippen molar-refractivity contribution in [3.05, 3.63) is 29.6 Å². The minimum absolute atomic E-state index is 0.705. The molecule has 0 spiro atoms. The molecule has 0 bridgehead atoms. The van der Waals surface area contributed by atoms with Crippen LogP contribution in [0.3, 0.4) is 0 Å². The molecule has 0 saturated heterocycles. The fourth-order valence-corrected chi connectivity index (χ4v) is 1.78. The number of rotatable bonds is 2. The number of nitrogens with zero attached hydrogens (tertiary/aromatic N) is 1. The van der Waals surface area contributed by atoms with Crippen molar-refractivity contribution < 1.29 is 0 Å². The van der Waals surface area contributed by atoms with Crippen LogP contribution in [0.5, 0.6) is 0 Å². The quantitative estimate of drug-likeness (QED) is 0.770. The van der Waals surface area contributed by atoms with Gasteiger partial charge in [0.1, 0.15) is 5.82 Å². The minimum atomic E-state index is 0.705. The van der Waals surface area contributed by atoms with Gasteiger partial charge in [0.2, 0.25) is 0 Å². The van der Waals surface area contributed by atoms with Gasteiger partial charge >= 0.3 is 0 Å². The number of nitrogens with one attached hydrogen (secondary N) is 1. The first kappa shape index (κ1) is 9.25. The standard InChI is InChI=1S/C12H16N2/c1-8(2)6-10-4-5-11-12(7-10)14-9(3)13-11/h4-5,7-8H,6H2,1-3H3,(H,13,14). The number of hydrogen-bond acceptors (Lipinski definition) is 1. The molecule has 1 aromatic heterocycles. The van der Waals surface area contributed by atoms with Crippen molar-refractivity contribution in [3.63, 3.8) is 0 Å². The highest BCUT2D eigenvalue weighted by Gasteiger charge is 2.02. The Hall–Kier alpha value is -1.31. The molecule has 14 heavy (non-hydrogen) atoms. The third kappa shape index (κ3) is 1.79. The zero-order valence-electron chi connectivity index (χ0n) is 8.96. The van der Waals surface area contributed by atoms with E-state index in [0.29, 0.717) is 5.92 Å². The Labute approximate surface area is 84.4 Å². The molecule has 0 aliphatic carbocycles. The van der Waals surface area contributed by atoms with Gasteiger partial charge in [0.15, 0.2) is 0 Å². The van der Waals surface area contributed by atoms with E-state index in [1.54, 1.807) is 0 Å². The Bertz CT molecular complexity index is 441. The number of hydrogen-bond donors (Lipinski definition) is 1. The second kappa shape index (κ2) is 3.45. The predicted octanol–water partition coefficient (Wildman–Crippen LogP) is 3.07. The molecule has 2 rings (SSSR count). The molecular formula is C12H16N2. The first-order chi connectivity index (χ1) is 6.65. The molecule has 1 heterocycles. The third-order valence-electron chi connectivity index (χ3n) is 2.31. The van der Waals surface area contributed by atoms with Gasteiger partial charge in [0.25, 0.3) is 0 Å². The molecule has 0 unspecified atom stereocenters. The summed E-state index contributed by atoms with van der Waals surface area (Å²) in [6.07, 6.45) is 1.13. The van der Waals surface area contributed by atoms with E-state index in [0.717, 1.165) is 23.3 Å². The van der Waals surface area contributed by atoms with Crippen molar-refractivity contribution in [2.24, 2.45) is 5.92 Å². The summed E-state index contributed by atoms with van der Waals surface area (Å²) in [6.45, 7) is 6.47. The summed E-state index contributed by atoms with van der Waals surface area (Å²) in [5.74, 6) is 1.69. The second-order valence-corrected chi connectivity index (χ2v) is 4.27. The zero-order chi connectivity index (χ0) is 10.1. The number of benzene rings is 1. The first-order valence-electron chi connectivity index (χ1n) is 5.10. The lowest BCUT2D eigenvalue weighted by atomic mass is 10.0. The number of aromatic amines is 1. The molecule has 1 aromatic carbocycles. The monoisotopic (exact) mass is 188 g/mol. The maximum absolute atomic E-state index is 4.38. The highest BCUT2D eigenvalue weighted by atomic mass is 14.9. The fourth-order valence-electron chi connectivity index (χ4n) is 1.78. The highest BCUT2D eigenvalue weighted by molar-refractivity contribution is 5.75. The Morgan fingerprint density at radius 3 is 2.86 bits per heavy atom. The number of H-pyrrole nitrogens is 1. The summed E-state index contributed by atoms with van der Waals surface area (Å²) in [5.41, 5.74) is 3.60. The Morgan fingerprint density at radius 1 is 1.36 bits per heavy atom. The van der Waals surface area contributed by atoms with Crippen LogP contribution in [0.25, 0.3) is 11.0 Å². The van der Waals surface area contributed by atoms with Crippen molar-refractivity contribution in [2.45, 2.75) is 27.2 Å². The van der Waals surface area contributed by atoms with E-state index in [9.17, 15) is 0 Å². The Morgan fingerprint density at radius 2 is 2.14 bits per heavy atom. The summed E-state index contributed by atoms with van der Waals surface area (Å²) in [7, 11) is 0. The van der Waals surface area contributed by atoms with Gasteiger partial charge in [-0.1, -0.05) is 19.9 Å². The van der Waals surface area contributed by atoms with E-state index in [1.165, 1.54) is 5.56 Å². The average molecular weight is 188 g/mol. The molecule has 74 valence electrons. The van der Waals surface area contributed by atoms with Crippen molar-refractivity contribution in [2.75, 3.05) is 0 Å². The van der Waals surface area contributed by atoms with E-state index in [1.807, 2.05) is 6.92 Å². The highest BCUT2D eigenvalue weighted by Crippen LogP contribution is 2.15. The Kier molecular flexibility index (Phi) is 2.28. The lowest BCUT2D eigenvalue weighted by Crippen LogP contribution is -1.93. The number of aryl methyl sites for hydroxylation is 1. The van der Waals surface area contributed by atoms with Crippen LogP contribution in [-0.2, 0) is 6.42 Å². The van der Waals surface area contributed by atoms with Crippen LogP contribution in [0.1, 0.15) is 25.2 Å². The summed E-state index contributed by atoms with van der Waals surface area (Å²) in [5, 5.41) is 0. The molecule has 1 N–H and O–H groups in total. The molecular weight excluding hydrogens is 172 g/mol. The fraction of sp³-hybridized carbons (Fsp3) is 0.417. The summed E-state index contributed by atoms with van der Waals surface area (Å²) in [6, 6.07) is 6.47. The van der Waals surface area contributed by atoms with Crippen molar-refractivity contribution in [1.29, 1.82) is 0 Å². The topological polar surface area (TPSA) is 28.7 Å². The molecule has 0 radical (unpaired) electrons. The smallest absolute Gasteiger partial charge is 0.104 e. The number of aromatic nitrogens is 2. The van der Waals surface area contributed by atoms with Crippen LogP contribution < -0.4 is 0 Å². The Balaban J connectivity index is 2.40. The van der Waals surface area contributed by atoms with E-state index in [-0.39, 0.29) is 0 Å². The van der Waals surface area contributed by atoms with E-state index >= 15 is 0 Å². The van der Waals surface area contributed by atoms with Crippen molar-refractivity contribution in [1.82, 2.24) is 9.97 Å². The van der Waals surface area contributed by atoms with Gasteiger partial charge in [-0.2, -0.15) is 0 Å². The third-order valence-corrected chi connectivity index (χ3v) is 2.31. The maximum Gasteiger partial charge on any atom is 0.104 e. The predicted molar refractivity (Wildman–Crippen MR) is 59.4 cm³/mol. The van der Waals surface area contributed by atoms with Crippen molar-refractivity contribution in [3.8, 4) is 0 Å². The van der Waals surface area contributed by atoms with Gasteiger partial charge in [0, 0.05) is 0 Å². The van der Waals surface area contributed by atoms with E-state index in [2.05, 4.69) is 42.0 Å². The van der Waals surface area contributed by atoms with Crippen molar-refractivity contribution >= 4 is 11.0 Å². The van der Waals surface area contributed by atoms with Crippen LogP contribution >= 0.6 is 0 Å². The molecule has 2 heteroatoms. The molecule has 0 fully saturated rings. The number of imidazole rings is 1. The first-order valence-corrected chi connectivity index (χ1v) is 5.10. The van der Waals surface area contributed by atoms with Gasteiger partial charge in [-0.3, -0.25) is 0 Å². The SMILES string of the molecule is Cc1nc2ccc(CC(C)C)cc2[nH]1. The average Bonchev–Trinajstić information content (AvgIpc) is 2.42. The van der Waals surface area contributed by atoms with Gasteiger partial charge in [-0.15, -0.1) is 0 Å². The lowest BCUT2D eigenvalue weighted by molar-refractivity contribution is 0.648. The van der Waals surface area contributed by atoms with E-state index < -0.39 is 0 Å². The van der Waals surface area contributed by atoms with Gasteiger partial charge in [-0.05, 0) is 37.0 Å². The van der Waals surface area contributed by atoms with E-state index in [4.69, 9.17) is 0 Å². The molecule has 0 saturated carbocycles. The second-order valence-electron chi connectivity index (χ2n) is 4.27. The molecule has 0 atom stereocenters. The zero-order valence-corrected chi connectivity index (χ0v) is 8.96. The van der Waals surface area contributed by atoms with Crippen LogP contribution in [0.15, 0.2) is 18.2 Å². The van der Waals surface area contributed by atoms with Crippen LogP contribution in [0.2, 0.25) is 0 Å².